The summed E-state index contributed by atoms with van der Waals surface area (Å²) in [5.74, 6) is -2.21. The molecule has 2 aromatic heterocycles. The standard InChI is InChI=1S/C30H29F4N5O5S/c1-27(2,42)12-37-25(41)28(3)14-44-23-18(28)11-21(39-22(23)15-4-7-17(31)8-5-15)29(43,30(32,33)34)13-36-24(40)16-6-9-19-20(10-16)45-26(35)38-19/h4-11,42-43H,12-14H2,1-3H3,(H2,35,38)(H,36,40)(H,37,41)/t28-,29?/m0/s1. The minimum Gasteiger partial charge on any atom is -0.489 e. The van der Waals surface area contributed by atoms with Crippen molar-refractivity contribution in [3.05, 3.63) is 71.2 Å². The summed E-state index contributed by atoms with van der Waals surface area (Å²) in [6.07, 6.45) is -5.36. The molecule has 45 heavy (non-hydrogen) atoms. The minimum absolute atomic E-state index is 0.00837. The van der Waals surface area contributed by atoms with Crippen LogP contribution < -0.4 is 21.1 Å². The Kier molecular flexibility index (Phi) is 8.00. The Bertz CT molecular complexity index is 1790. The van der Waals surface area contributed by atoms with Gasteiger partial charge in [-0.05, 0) is 69.3 Å². The average Bonchev–Trinajstić information content (AvgIpc) is 3.52. The van der Waals surface area contributed by atoms with E-state index in [0.29, 0.717) is 10.2 Å². The summed E-state index contributed by atoms with van der Waals surface area (Å²) in [6, 6.07) is 9.88. The molecule has 10 nitrogen and oxygen atoms in total. The second kappa shape index (κ2) is 11.2. The zero-order chi connectivity index (χ0) is 32.9. The number of aliphatic hydroxyl groups is 2. The summed E-state index contributed by atoms with van der Waals surface area (Å²) in [5, 5.41) is 26.4. The van der Waals surface area contributed by atoms with Crippen LogP contribution in [0.5, 0.6) is 5.75 Å². The van der Waals surface area contributed by atoms with Crippen LogP contribution in [0.15, 0.2) is 48.5 Å². The number of halogens is 4. The number of anilines is 1. The molecule has 15 heteroatoms. The molecule has 238 valence electrons. The summed E-state index contributed by atoms with van der Waals surface area (Å²) in [5.41, 5.74) is -1.36. The number of nitrogen functional groups attached to an aromatic ring is 1. The second-order valence-corrected chi connectivity index (χ2v) is 12.7. The maximum atomic E-state index is 14.7. The van der Waals surface area contributed by atoms with Crippen LogP contribution in [0.25, 0.3) is 21.5 Å². The van der Waals surface area contributed by atoms with Crippen molar-refractivity contribution >= 4 is 38.5 Å². The third-order valence-corrected chi connectivity index (χ3v) is 8.28. The first-order chi connectivity index (χ1) is 20.9. The third kappa shape index (κ3) is 6.15. The number of benzene rings is 2. The molecule has 4 aromatic rings. The van der Waals surface area contributed by atoms with Crippen molar-refractivity contribution in [2.24, 2.45) is 0 Å². The molecule has 0 fully saturated rings. The Labute approximate surface area is 258 Å². The summed E-state index contributed by atoms with van der Waals surface area (Å²) in [4.78, 5) is 34.5. The third-order valence-electron chi connectivity index (χ3n) is 7.44. The van der Waals surface area contributed by atoms with Crippen molar-refractivity contribution in [2.45, 2.75) is 43.6 Å². The van der Waals surface area contributed by atoms with Gasteiger partial charge in [-0.15, -0.1) is 0 Å². The van der Waals surface area contributed by atoms with Gasteiger partial charge in [0, 0.05) is 23.2 Å². The quantitative estimate of drug-likeness (QED) is 0.181. The van der Waals surface area contributed by atoms with Crippen molar-refractivity contribution < 1.29 is 42.1 Å². The van der Waals surface area contributed by atoms with E-state index in [1.165, 1.54) is 51.1 Å². The number of carbonyl (C=O) groups is 2. The van der Waals surface area contributed by atoms with Gasteiger partial charge in [-0.1, -0.05) is 11.3 Å². The van der Waals surface area contributed by atoms with E-state index in [2.05, 4.69) is 20.6 Å². The maximum Gasteiger partial charge on any atom is 0.424 e. The molecular formula is C30H29F4N5O5S. The number of alkyl halides is 3. The maximum absolute atomic E-state index is 14.7. The SMILES string of the molecule is CC(C)(O)CNC(=O)[C@@]1(C)COc2c1cc(C(O)(CNC(=O)c1ccc3nc(N)sc3c1)C(F)(F)F)nc2-c1ccc(F)cc1. The number of hydrogen-bond acceptors (Lipinski definition) is 9. The highest BCUT2D eigenvalue weighted by atomic mass is 32.1. The van der Waals surface area contributed by atoms with Gasteiger partial charge in [-0.3, -0.25) is 9.59 Å². The first-order valence-corrected chi connectivity index (χ1v) is 14.4. The number of amides is 2. The van der Waals surface area contributed by atoms with E-state index in [4.69, 9.17) is 10.5 Å². The van der Waals surface area contributed by atoms with Gasteiger partial charge in [0.05, 0.1) is 28.1 Å². The zero-order valence-electron chi connectivity index (χ0n) is 24.3. The lowest BCUT2D eigenvalue weighted by molar-refractivity contribution is -0.265. The van der Waals surface area contributed by atoms with E-state index in [1.807, 2.05) is 0 Å². The van der Waals surface area contributed by atoms with E-state index in [0.717, 1.165) is 29.5 Å². The summed E-state index contributed by atoms with van der Waals surface area (Å²) < 4.78 is 64.3. The fraction of sp³-hybridized carbons (Fsp3) is 0.333. The number of aromatic nitrogens is 2. The number of hydrogen-bond donors (Lipinski definition) is 5. The first-order valence-electron chi connectivity index (χ1n) is 13.6. The van der Waals surface area contributed by atoms with Gasteiger partial charge in [0.15, 0.2) is 5.13 Å². The van der Waals surface area contributed by atoms with Crippen LogP contribution in [0.3, 0.4) is 0 Å². The predicted molar refractivity (Wildman–Crippen MR) is 158 cm³/mol. The molecule has 0 bridgehead atoms. The fourth-order valence-electron chi connectivity index (χ4n) is 4.81. The van der Waals surface area contributed by atoms with Gasteiger partial charge in [0.2, 0.25) is 11.5 Å². The van der Waals surface area contributed by atoms with Crippen LogP contribution in [-0.4, -0.2) is 63.5 Å². The number of nitrogens with zero attached hydrogens (tertiary/aromatic N) is 2. The van der Waals surface area contributed by atoms with Gasteiger partial charge in [0.1, 0.15) is 29.3 Å². The van der Waals surface area contributed by atoms with Crippen LogP contribution in [-0.2, 0) is 15.8 Å². The first kappa shape index (κ1) is 32.1. The van der Waals surface area contributed by atoms with Crippen molar-refractivity contribution in [2.75, 3.05) is 25.4 Å². The van der Waals surface area contributed by atoms with Crippen molar-refractivity contribution in [3.8, 4) is 17.0 Å². The Hall–Kier alpha value is -4.34. The number of rotatable bonds is 8. The van der Waals surface area contributed by atoms with Gasteiger partial charge in [-0.2, -0.15) is 13.2 Å². The van der Waals surface area contributed by atoms with Gasteiger partial charge < -0.3 is 31.3 Å². The Morgan fingerprint density at radius 1 is 1.04 bits per heavy atom. The second-order valence-electron chi connectivity index (χ2n) is 11.6. The Morgan fingerprint density at radius 3 is 2.38 bits per heavy atom. The lowest BCUT2D eigenvalue weighted by atomic mass is 9.81. The molecule has 0 saturated carbocycles. The molecule has 0 spiro atoms. The molecule has 1 unspecified atom stereocenters. The Morgan fingerprint density at radius 2 is 1.73 bits per heavy atom. The number of carbonyl (C=O) groups excluding carboxylic acids is 2. The largest absolute Gasteiger partial charge is 0.489 e. The van der Waals surface area contributed by atoms with Crippen molar-refractivity contribution in [3.63, 3.8) is 0 Å². The molecule has 1 aliphatic rings. The molecule has 1 aliphatic heterocycles. The normalized spacial score (nSPS) is 17.8. The number of nitrogens with two attached hydrogens (primary N) is 1. The van der Waals surface area contributed by atoms with Crippen LogP contribution in [0.2, 0.25) is 0 Å². The van der Waals surface area contributed by atoms with E-state index in [9.17, 15) is 37.4 Å². The van der Waals surface area contributed by atoms with Crippen LogP contribution in [0.4, 0.5) is 22.7 Å². The molecular weight excluding hydrogens is 618 g/mol. The number of nitrogens with one attached hydrogen (secondary N) is 2. The minimum atomic E-state index is -5.36. The molecule has 2 aromatic carbocycles. The van der Waals surface area contributed by atoms with Crippen LogP contribution in [0, 0.1) is 5.82 Å². The van der Waals surface area contributed by atoms with E-state index in [1.54, 1.807) is 0 Å². The van der Waals surface area contributed by atoms with Crippen LogP contribution >= 0.6 is 11.3 Å². The lowest BCUT2D eigenvalue weighted by Crippen LogP contribution is -2.52. The number of pyridine rings is 1. The molecule has 6 N–H and O–H groups in total. The van der Waals surface area contributed by atoms with Gasteiger partial charge in [0.25, 0.3) is 5.91 Å². The number of ether oxygens (including phenoxy) is 1. The molecule has 0 aliphatic carbocycles. The molecule has 5 rings (SSSR count). The van der Waals surface area contributed by atoms with Gasteiger partial charge in [-0.25, -0.2) is 14.4 Å². The summed E-state index contributed by atoms with van der Waals surface area (Å²) >= 11 is 1.09. The zero-order valence-corrected chi connectivity index (χ0v) is 25.1. The average molecular weight is 648 g/mol. The lowest BCUT2D eigenvalue weighted by Gasteiger charge is -2.32. The van der Waals surface area contributed by atoms with Crippen molar-refractivity contribution in [1.82, 2.24) is 20.6 Å². The molecule has 2 amide bonds. The van der Waals surface area contributed by atoms with Crippen molar-refractivity contribution in [1.29, 1.82) is 0 Å². The number of thiazole rings is 1. The highest BCUT2D eigenvalue weighted by Crippen LogP contribution is 2.48. The molecule has 3 heterocycles. The number of fused-ring (bicyclic) bond motifs is 2. The fourth-order valence-corrected chi connectivity index (χ4v) is 5.58. The van der Waals surface area contributed by atoms with Gasteiger partial charge >= 0.3 is 6.18 Å². The van der Waals surface area contributed by atoms with E-state index in [-0.39, 0.29) is 46.4 Å². The highest BCUT2D eigenvalue weighted by molar-refractivity contribution is 7.22. The topological polar surface area (TPSA) is 160 Å². The van der Waals surface area contributed by atoms with Crippen LogP contribution in [0.1, 0.15) is 42.4 Å². The summed E-state index contributed by atoms with van der Waals surface area (Å²) in [6.45, 7) is 2.56. The van der Waals surface area contributed by atoms with E-state index >= 15 is 0 Å². The van der Waals surface area contributed by atoms with E-state index < -0.39 is 52.7 Å². The monoisotopic (exact) mass is 647 g/mol. The smallest absolute Gasteiger partial charge is 0.424 e. The highest BCUT2D eigenvalue weighted by Gasteiger charge is 2.58. The molecule has 2 atom stereocenters. The molecule has 0 saturated heterocycles. The predicted octanol–water partition coefficient (Wildman–Crippen LogP) is 3.80. The Balaban J connectivity index is 1.58. The molecule has 0 radical (unpaired) electrons. The summed E-state index contributed by atoms with van der Waals surface area (Å²) in [7, 11) is 0.